The van der Waals surface area contributed by atoms with Crippen LogP contribution in [0.5, 0.6) is 11.5 Å². The lowest BCUT2D eigenvalue weighted by Gasteiger charge is -2.15. The molecule has 0 saturated carbocycles. The largest absolute Gasteiger partial charge is 0.490 e. The molecule has 3 aromatic rings. The van der Waals surface area contributed by atoms with Gasteiger partial charge in [-0.15, -0.1) is 0 Å². The number of halogens is 3. The number of ether oxygens (including phenoxy) is 2. The van der Waals surface area contributed by atoms with E-state index in [2.05, 4.69) is 5.32 Å². The Balaban J connectivity index is 1.86. The van der Waals surface area contributed by atoms with Crippen LogP contribution < -0.4 is 14.8 Å². The molecule has 0 aromatic heterocycles. The first-order valence-electron chi connectivity index (χ1n) is 10.3. The molecule has 174 valence electrons. The molecule has 0 fully saturated rings. The van der Waals surface area contributed by atoms with Crippen molar-refractivity contribution in [3.63, 3.8) is 0 Å². The maximum Gasteiger partial charge on any atom is 0.266 e. The lowest BCUT2D eigenvalue weighted by Crippen LogP contribution is -2.13. The van der Waals surface area contributed by atoms with Crippen LogP contribution in [0.15, 0.2) is 60.2 Å². The van der Waals surface area contributed by atoms with Gasteiger partial charge in [-0.3, -0.25) is 4.79 Å². The van der Waals surface area contributed by atoms with Gasteiger partial charge < -0.3 is 14.8 Å². The molecule has 34 heavy (non-hydrogen) atoms. The molecular formula is C26H21Cl3N2O3. The topological polar surface area (TPSA) is 71.3 Å². The number of hydrogen-bond acceptors (Lipinski definition) is 4. The molecule has 0 unspecified atom stereocenters. The van der Waals surface area contributed by atoms with Crippen LogP contribution in [-0.2, 0) is 11.4 Å². The van der Waals surface area contributed by atoms with Crippen molar-refractivity contribution in [1.82, 2.24) is 0 Å². The highest BCUT2D eigenvalue weighted by molar-refractivity contribution is 6.44. The van der Waals surface area contributed by atoms with Crippen molar-refractivity contribution in [2.45, 2.75) is 20.5 Å². The number of nitrogens with one attached hydrogen (secondary N) is 1. The molecule has 0 saturated heterocycles. The smallest absolute Gasteiger partial charge is 0.266 e. The van der Waals surface area contributed by atoms with E-state index < -0.39 is 5.91 Å². The second kappa shape index (κ2) is 11.8. The number of nitrogens with zero attached hydrogens (tertiary/aromatic N) is 1. The van der Waals surface area contributed by atoms with Gasteiger partial charge in [0.05, 0.1) is 27.4 Å². The van der Waals surface area contributed by atoms with Crippen molar-refractivity contribution in [2.75, 3.05) is 11.9 Å². The summed E-state index contributed by atoms with van der Waals surface area (Å²) in [4.78, 5) is 12.7. The van der Waals surface area contributed by atoms with E-state index in [1.165, 1.54) is 6.08 Å². The molecule has 1 amide bonds. The summed E-state index contributed by atoms with van der Waals surface area (Å²) < 4.78 is 11.6. The Morgan fingerprint density at radius 3 is 2.47 bits per heavy atom. The molecule has 1 N–H and O–H groups in total. The highest BCUT2D eigenvalue weighted by Crippen LogP contribution is 2.38. The molecule has 0 heterocycles. The molecule has 3 rings (SSSR count). The fraction of sp³-hybridized carbons (Fsp3) is 0.154. The Bertz CT molecular complexity index is 1270. The Kier molecular flexibility index (Phi) is 8.84. The Labute approximate surface area is 213 Å². The Morgan fingerprint density at radius 2 is 1.79 bits per heavy atom. The fourth-order valence-electron chi connectivity index (χ4n) is 3.02. The predicted molar refractivity (Wildman–Crippen MR) is 137 cm³/mol. The first kappa shape index (κ1) is 25.5. The van der Waals surface area contributed by atoms with Crippen molar-refractivity contribution < 1.29 is 14.3 Å². The molecule has 0 bridgehead atoms. The van der Waals surface area contributed by atoms with Crippen LogP contribution in [0.4, 0.5) is 5.69 Å². The predicted octanol–water partition coefficient (Wildman–Crippen LogP) is 7.48. The number of aryl methyl sites for hydroxylation is 1. The van der Waals surface area contributed by atoms with Gasteiger partial charge in [-0.25, -0.2) is 0 Å². The number of benzene rings is 3. The van der Waals surface area contributed by atoms with Gasteiger partial charge in [-0.2, -0.15) is 5.26 Å². The molecule has 5 nitrogen and oxygen atoms in total. The van der Waals surface area contributed by atoms with E-state index in [1.54, 1.807) is 30.3 Å². The van der Waals surface area contributed by atoms with Crippen LogP contribution in [0.1, 0.15) is 23.6 Å². The first-order valence-corrected chi connectivity index (χ1v) is 11.5. The van der Waals surface area contributed by atoms with Crippen molar-refractivity contribution in [3.05, 3.63) is 91.9 Å². The summed E-state index contributed by atoms with van der Waals surface area (Å²) in [6.07, 6.45) is 1.41. The molecule has 0 aliphatic rings. The van der Waals surface area contributed by atoms with Crippen LogP contribution in [0, 0.1) is 18.3 Å². The van der Waals surface area contributed by atoms with Crippen LogP contribution in [0.25, 0.3) is 6.08 Å². The third kappa shape index (κ3) is 6.45. The zero-order valence-electron chi connectivity index (χ0n) is 18.5. The highest BCUT2D eigenvalue weighted by Gasteiger charge is 2.16. The third-order valence-corrected chi connectivity index (χ3v) is 5.81. The number of amides is 1. The number of anilines is 1. The van der Waals surface area contributed by atoms with Crippen molar-refractivity contribution in [2.24, 2.45) is 0 Å². The van der Waals surface area contributed by atoms with Gasteiger partial charge in [0, 0.05) is 0 Å². The van der Waals surface area contributed by atoms with Gasteiger partial charge in [-0.05, 0) is 55.3 Å². The Morgan fingerprint density at radius 1 is 1.06 bits per heavy atom. The number of carbonyl (C=O) groups excluding carboxylic acids is 1. The first-order chi connectivity index (χ1) is 16.3. The normalized spacial score (nSPS) is 11.0. The maximum absolute atomic E-state index is 12.7. The van der Waals surface area contributed by atoms with E-state index in [1.807, 2.05) is 44.2 Å². The quantitative estimate of drug-likeness (QED) is 0.249. The number of hydrogen-bond donors (Lipinski definition) is 1. The average Bonchev–Trinajstić information content (AvgIpc) is 2.81. The number of carbonyl (C=O) groups is 1. The third-order valence-electron chi connectivity index (χ3n) is 4.71. The molecule has 0 aliphatic carbocycles. The lowest BCUT2D eigenvalue weighted by atomic mass is 10.1. The SMILES string of the molecule is CCOc1cc(/C=C(/C#N)C(=O)Nc2cccc(Cl)c2Cl)cc(Cl)c1OCc1ccc(C)cc1. The zero-order valence-corrected chi connectivity index (χ0v) is 20.8. The van der Waals surface area contributed by atoms with Crippen LogP contribution in [0.2, 0.25) is 15.1 Å². The summed E-state index contributed by atoms with van der Waals surface area (Å²) in [7, 11) is 0. The van der Waals surface area contributed by atoms with Crippen molar-refractivity contribution in [3.8, 4) is 17.6 Å². The fourth-order valence-corrected chi connectivity index (χ4v) is 3.64. The second-order valence-electron chi connectivity index (χ2n) is 7.26. The van der Waals surface area contributed by atoms with Gasteiger partial charge in [0.1, 0.15) is 18.2 Å². The van der Waals surface area contributed by atoms with Gasteiger partial charge >= 0.3 is 0 Å². The minimum Gasteiger partial charge on any atom is -0.490 e. The summed E-state index contributed by atoms with van der Waals surface area (Å²) >= 11 is 18.6. The molecular weight excluding hydrogens is 495 g/mol. The monoisotopic (exact) mass is 514 g/mol. The van der Waals surface area contributed by atoms with Crippen molar-refractivity contribution >= 4 is 52.5 Å². The van der Waals surface area contributed by atoms with Gasteiger partial charge in [0.2, 0.25) is 0 Å². The van der Waals surface area contributed by atoms with Crippen LogP contribution in [-0.4, -0.2) is 12.5 Å². The summed E-state index contributed by atoms with van der Waals surface area (Å²) in [6.45, 7) is 4.54. The van der Waals surface area contributed by atoms with E-state index in [9.17, 15) is 10.1 Å². The summed E-state index contributed by atoms with van der Waals surface area (Å²) in [5, 5.41) is 12.9. The molecule has 8 heteroatoms. The Hall–Kier alpha value is -3.17. The number of rotatable bonds is 8. The average molecular weight is 516 g/mol. The van der Waals surface area contributed by atoms with Gasteiger partial charge in [-0.1, -0.05) is 70.7 Å². The molecule has 0 spiro atoms. The zero-order chi connectivity index (χ0) is 24.7. The minimum atomic E-state index is -0.638. The van der Waals surface area contributed by atoms with Crippen molar-refractivity contribution in [1.29, 1.82) is 5.26 Å². The minimum absolute atomic E-state index is 0.150. The molecule has 0 radical (unpaired) electrons. The summed E-state index contributed by atoms with van der Waals surface area (Å²) in [6, 6.07) is 18.0. The second-order valence-corrected chi connectivity index (χ2v) is 8.45. The van der Waals surface area contributed by atoms with E-state index in [-0.39, 0.29) is 15.6 Å². The molecule has 0 aliphatic heterocycles. The lowest BCUT2D eigenvalue weighted by molar-refractivity contribution is -0.112. The van der Waals surface area contributed by atoms with E-state index >= 15 is 0 Å². The van der Waals surface area contributed by atoms with Crippen LogP contribution in [0.3, 0.4) is 0 Å². The van der Waals surface area contributed by atoms with Crippen LogP contribution >= 0.6 is 34.8 Å². The standard InChI is InChI=1S/C26H21Cl3N2O3/c1-3-33-23-13-18(12-21(28)25(23)34-15-17-9-7-16(2)8-10-17)11-19(14-30)26(32)31-22-6-4-5-20(27)24(22)29/h4-13H,3,15H2,1-2H3,(H,31,32)/b19-11-. The molecule has 0 atom stereocenters. The van der Waals surface area contributed by atoms with Gasteiger partial charge in [0.25, 0.3) is 5.91 Å². The maximum atomic E-state index is 12.7. The summed E-state index contributed by atoms with van der Waals surface area (Å²) in [5.41, 5.74) is 2.79. The van der Waals surface area contributed by atoms with E-state index in [0.29, 0.717) is 41.0 Å². The molecule has 3 aromatic carbocycles. The van der Waals surface area contributed by atoms with E-state index in [0.717, 1.165) is 11.1 Å². The highest BCUT2D eigenvalue weighted by atomic mass is 35.5. The summed E-state index contributed by atoms with van der Waals surface area (Å²) in [5.74, 6) is 0.152. The van der Waals surface area contributed by atoms with Gasteiger partial charge in [0.15, 0.2) is 11.5 Å². The number of nitriles is 1. The van der Waals surface area contributed by atoms with E-state index in [4.69, 9.17) is 44.3 Å².